The standard InChI is InChI=1S/C19H18F4N4O2S/c1-11-12(3-2-4-13(11)19(21,22)23)10-27-14(9-20)24-17(28)15-16(27)25-18(30-15)26-5-7-29-8-6-26/h2-4H,5-10H2,1H3. The van der Waals surface area contributed by atoms with Crippen LogP contribution in [0.25, 0.3) is 10.3 Å². The van der Waals surface area contributed by atoms with Gasteiger partial charge in [-0.05, 0) is 24.1 Å². The Bertz CT molecular complexity index is 1140. The maximum Gasteiger partial charge on any atom is 0.416 e. The normalized spacial score (nSPS) is 15.2. The van der Waals surface area contributed by atoms with E-state index in [0.717, 1.165) is 17.4 Å². The predicted octanol–water partition coefficient (Wildman–Crippen LogP) is 3.53. The SMILES string of the molecule is Cc1c(Cn2c(CF)nc(=O)c3sc(N4CCOCC4)nc32)cccc1C(F)(F)F. The Morgan fingerprint density at radius 3 is 2.60 bits per heavy atom. The molecule has 0 bridgehead atoms. The topological polar surface area (TPSA) is 60.2 Å². The van der Waals surface area contributed by atoms with Crippen molar-refractivity contribution in [1.29, 1.82) is 0 Å². The number of halogens is 4. The van der Waals surface area contributed by atoms with E-state index < -0.39 is 24.0 Å². The van der Waals surface area contributed by atoms with Crippen LogP contribution in [0.3, 0.4) is 0 Å². The number of thiazole rings is 1. The third kappa shape index (κ3) is 3.79. The lowest BCUT2D eigenvalue weighted by Gasteiger charge is -2.25. The first kappa shape index (κ1) is 20.7. The molecule has 4 rings (SSSR count). The summed E-state index contributed by atoms with van der Waals surface area (Å²) in [4.78, 5) is 22.7. The summed E-state index contributed by atoms with van der Waals surface area (Å²) in [6.45, 7) is 2.52. The van der Waals surface area contributed by atoms with E-state index in [9.17, 15) is 22.4 Å². The molecule has 30 heavy (non-hydrogen) atoms. The Hall–Kier alpha value is -2.53. The number of fused-ring (bicyclic) bond motifs is 1. The summed E-state index contributed by atoms with van der Waals surface area (Å²) in [5.74, 6) is -0.164. The van der Waals surface area contributed by atoms with Crippen molar-refractivity contribution < 1.29 is 22.3 Å². The molecule has 1 aliphatic rings. The van der Waals surface area contributed by atoms with E-state index in [1.165, 1.54) is 17.6 Å². The Balaban J connectivity index is 1.83. The van der Waals surface area contributed by atoms with Crippen molar-refractivity contribution in [2.45, 2.75) is 26.3 Å². The summed E-state index contributed by atoms with van der Waals surface area (Å²) in [5, 5.41) is 0.581. The fraction of sp³-hybridized carbons (Fsp3) is 0.421. The fourth-order valence-electron chi connectivity index (χ4n) is 3.46. The van der Waals surface area contributed by atoms with Crippen molar-refractivity contribution in [3.8, 4) is 0 Å². The molecule has 0 atom stereocenters. The fourth-order valence-corrected chi connectivity index (χ4v) is 4.47. The van der Waals surface area contributed by atoms with Crippen molar-refractivity contribution in [3.05, 3.63) is 51.1 Å². The maximum absolute atomic E-state index is 13.7. The number of rotatable bonds is 4. The van der Waals surface area contributed by atoms with Gasteiger partial charge in [0.25, 0.3) is 5.56 Å². The number of alkyl halides is 4. The zero-order chi connectivity index (χ0) is 21.5. The van der Waals surface area contributed by atoms with Crippen LogP contribution in [0.4, 0.5) is 22.7 Å². The Labute approximate surface area is 172 Å². The van der Waals surface area contributed by atoms with Crippen molar-refractivity contribution in [3.63, 3.8) is 0 Å². The smallest absolute Gasteiger partial charge is 0.378 e. The van der Waals surface area contributed by atoms with Crippen molar-refractivity contribution >= 4 is 26.8 Å². The third-order valence-corrected chi connectivity index (χ3v) is 6.16. The minimum Gasteiger partial charge on any atom is -0.378 e. The molecule has 11 heteroatoms. The lowest BCUT2D eigenvalue weighted by Crippen LogP contribution is -2.36. The molecule has 3 heterocycles. The summed E-state index contributed by atoms with van der Waals surface area (Å²) >= 11 is 1.15. The summed E-state index contributed by atoms with van der Waals surface area (Å²) in [6.07, 6.45) is -4.50. The average Bonchev–Trinajstić information content (AvgIpc) is 3.17. The second-order valence-corrected chi connectivity index (χ2v) is 7.87. The van der Waals surface area contributed by atoms with Crippen LogP contribution in [0.15, 0.2) is 23.0 Å². The van der Waals surface area contributed by atoms with Crippen LogP contribution in [0.1, 0.15) is 22.5 Å². The largest absolute Gasteiger partial charge is 0.416 e. The molecule has 0 N–H and O–H groups in total. The van der Waals surface area contributed by atoms with Gasteiger partial charge in [-0.15, -0.1) is 0 Å². The highest BCUT2D eigenvalue weighted by Crippen LogP contribution is 2.34. The summed E-state index contributed by atoms with van der Waals surface area (Å²) in [5.41, 5.74) is -0.713. The van der Waals surface area contributed by atoms with E-state index in [-0.39, 0.29) is 28.3 Å². The highest BCUT2D eigenvalue weighted by Gasteiger charge is 2.33. The minimum absolute atomic E-state index is 0.0466. The Morgan fingerprint density at radius 1 is 1.20 bits per heavy atom. The van der Waals surface area contributed by atoms with E-state index >= 15 is 0 Å². The van der Waals surface area contributed by atoms with Crippen LogP contribution < -0.4 is 10.5 Å². The lowest BCUT2D eigenvalue weighted by atomic mass is 10.0. The second-order valence-electron chi connectivity index (χ2n) is 6.89. The van der Waals surface area contributed by atoms with Gasteiger partial charge < -0.3 is 14.2 Å². The first-order valence-electron chi connectivity index (χ1n) is 9.24. The molecule has 0 spiro atoms. The highest BCUT2D eigenvalue weighted by molar-refractivity contribution is 7.22. The summed E-state index contributed by atoms with van der Waals surface area (Å²) < 4.78 is 60.5. The Kier molecular flexibility index (Phi) is 5.49. The van der Waals surface area contributed by atoms with E-state index in [1.54, 1.807) is 6.07 Å². The number of anilines is 1. The van der Waals surface area contributed by atoms with Gasteiger partial charge >= 0.3 is 6.18 Å². The van der Waals surface area contributed by atoms with Gasteiger partial charge in [0.1, 0.15) is 17.2 Å². The molecule has 0 unspecified atom stereocenters. The highest BCUT2D eigenvalue weighted by atomic mass is 32.1. The van der Waals surface area contributed by atoms with Crippen LogP contribution in [-0.2, 0) is 24.1 Å². The first-order chi connectivity index (χ1) is 14.3. The quantitative estimate of drug-likeness (QED) is 0.579. The van der Waals surface area contributed by atoms with E-state index in [4.69, 9.17) is 4.74 Å². The van der Waals surface area contributed by atoms with E-state index in [1.807, 2.05) is 4.90 Å². The van der Waals surface area contributed by atoms with Gasteiger partial charge in [0.15, 0.2) is 10.8 Å². The predicted molar refractivity (Wildman–Crippen MR) is 105 cm³/mol. The number of aromatic nitrogens is 3. The van der Waals surface area contributed by atoms with Crippen LogP contribution in [0.2, 0.25) is 0 Å². The molecule has 1 aliphatic heterocycles. The first-order valence-corrected chi connectivity index (χ1v) is 10.1. The number of ether oxygens (including phenoxy) is 1. The van der Waals surface area contributed by atoms with Crippen LogP contribution in [-0.4, -0.2) is 40.8 Å². The minimum atomic E-state index is -4.50. The molecule has 160 valence electrons. The summed E-state index contributed by atoms with van der Waals surface area (Å²) in [7, 11) is 0. The average molecular weight is 442 g/mol. The Morgan fingerprint density at radius 2 is 1.93 bits per heavy atom. The monoisotopic (exact) mass is 442 g/mol. The number of hydrogen-bond donors (Lipinski definition) is 0. The maximum atomic E-state index is 13.7. The molecule has 3 aromatic rings. The van der Waals surface area contributed by atoms with E-state index in [0.29, 0.717) is 37.0 Å². The molecule has 0 amide bonds. The molecule has 1 aromatic carbocycles. The van der Waals surface area contributed by atoms with Crippen molar-refractivity contribution in [2.75, 3.05) is 31.2 Å². The van der Waals surface area contributed by atoms with Gasteiger partial charge in [-0.25, -0.2) is 9.37 Å². The number of benzene rings is 1. The van der Waals surface area contributed by atoms with Gasteiger partial charge in [0.2, 0.25) is 0 Å². The van der Waals surface area contributed by atoms with Gasteiger partial charge in [0, 0.05) is 13.1 Å². The van der Waals surface area contributed by atoms with Gasteiger partial charge in [-0.3, -0.25) is 4.79 Å². The molecule has 6 nitrogen and oxygen atoms in total. The molecule has 0 saturated carbocycles. The lowest BCUT2D eigenvalue weighted by molar-refractivity contribution is -0.138. The zero-order valence-corrected chi connectivity index (χ0v) is 16.8. The summed E-state index contributed by atoms with van der Waals surface area (Å²) in [6, 6.07) is 3.87. The molecular formula is C19H18F4N4O2S. The molecule has 0 radical (unpaired) electrons. The number of hydrogen-bond acceptors (Lipinski definition) is 6. The molecular weight excluding hydrogens is 424 g/mol. The van der Waals surface area contributed by atoms with Crippen molar-refractivity contribution in [1.82, 2.24) is 14.5 Å². The molecule has 0 aliphatic carbocycles. The van der Waals surface area contributed by atoms with Gasteiger partial charge in [0.05, 0.1) is 25.3 Å². The zero-order valence-electron chi connectivity index (χ0n) is 16.0. The van der Waals surface area contributed by atoms with E-state index in [2.05, 4.69) is 9.97 Å². The molecule has 1 saturated heterocycles. The van der Waals surface area contributed by atoms with Gasteiger partial charge in [-0.2, -0.15) is 18.2 Å². The number of morpholine rings is 1. The third-order valence-electron chi connectivity index (χ3n) is 5.07. The van der Waals surface area contributed by atoms with Crippen molar-refractivity contribution in [2.24, 2.45) is 0 Å². The van der Waals surface area contributed by atoms with Gasteiger partial charge in [-0.1, -0.05) is 23.5 Å². The van der Waals surface area contributed by atoms with Crippen LogP contribution >= 0.6 is 11.3 Å². The molecule has 1 fully saturated rings. The molecule has 2 aromatic heterocycles. The second kappa shape index (κ2) is 7.95. The number of nitrogens with zero attached hydrogens (tertiary/aromatic N) is 4. The van der Waals surface area contributed by atoms with Crippen LogP contribution in [0, 0.1) is 6.92 Å². The van der Waals surface area contributed by atoms with Crippen LogP contribution in [0.5, 0.6) is 0 Å².